The van der Waals surface area contributed by atoms with Gasteiger partial charge in [0.15, 0.2) is 0 Å². The van der Waals surface area contributed by atoms with Gasteiger partial charge in [0, 0.05) is 18.2 Å². The topological polar surface area (TPSA) is 70.8 Å². The summed E-state index contributed by atoms with van der Waals surface area (Å²) in [6.45, 7) is 7.73. The van der Waals surface area contributed by atoms with Crippen molar-refractivity contribution in [2.75, 3.05) is 6.54 Å². The zero-order valence-corrected chi connectivity index (χ0v) is 11.7. The van der Waals surface area contributed by atoms with Crippen LogP contribution in [0.15, 0.2) is 4.42 Å². The van der Waals surface area contributed by atoms with Crippen LogP contribution in [0.25, 0.3) is 0 Å². The monoisotopic (exact) mass is 265 g/mol. The summed E-state index contributed by atoms with van der Waals surface area (Å²) >= 11 is 0. The maximum Gasteiger partial charge on any atom is 0.308 e. The molecular formula is C14H19NO4. The molecule has 104 valence electrons. The Balaban J connectivity index is 2.28. The Kier molecular flexibility index (Phi) is 3.39. The van der Waals surface area contributed by atoms with Crippen molar-refractivity contribution in [2.45, 2.75) is 40.2 Å². The Labute approximate surface area is 112 Å². The van der Waals surface area contributed by atoms with Gasteiger partial charge in [-0.25, -0.2) is 0 Å². The lowest BCUT2D eigenvalue weighted by molar-refractivity contribution is -0.142. The summed E-state index contributed by atoms with van der Waals surface area (Å²) in [7, 11) is 0. The van der Waals surface area contributed by atoms with Crippen molar-refractivity contribution in [3.63, 3.8) is 0 Å². The molecule has 1 saturated heterocycles. The van der Waals surface area contributed by atoms with Gasteiger partial charge in [0.1, 0.15) is 11.5 Å². The van der Waals surface area contributed by atoms with E-state index in [0.717, 1.165) is 11.3 Å². The van der Waals surface area contributed by atoms with Gasteiger partial charge in [-0.2, -0.15) is 0 Å². The average Bonchev–Trinajstić information content (AvgIpc) is 2.80. The molecule has 0 bridgehead atoms. The second kappa shape index (κ2) is 4.72. The van der Waals surface area contributed by atoms with E-state index in [-0.39, 0.29) is 11.9 Å². The minimum Gasteiger partial charge on any atom is -0.481 e. The minimum atomic E-state index is -0.834. The van der Waals surface area contributed by atoms with E-state index in [1.807, 2.05) is 13.8 Å². The highest BCUT2D eigenvalue weighted by molar-refractivity contribution is 5.97. The zero-order chi connectivity index (χ0) is 14.3. The number of nitrogens with zero attached hydrogens (tertiary/aromatic N) is 1. The van der Waals surface area contributed by atoms with Crippen molar-refractivity contribution in [2.24, 2.45) is 5.92 Å². The van der Waals surface area contributed by atoms with Crippen LogP contribution in [0.5, 0.6) is 0 Å². The van der Waals surface area contributed by atoms with Crippen LogP contribution < -0.4 is 0 Å². The zero-order valence-electron chi connectivity index (χ0n) is 11.7. The molecule has 1 fully saturated rings. The summed E-state index contributed by atoms with van der Waals surface area (Å²) in [5.74, 6) is -0.0891. The molecule has 0 aliphatic carbocycles. The van der Waals surface area contributed by atoms with E-state index in [0.29, 0.717) is 24.3 Å². The number of amides is 1. The summed E-state index contributed by atoms with van der Waals surface area (Å²) < 4.78 is 5.47. The molecular weight excluding hydrogens is 246 g/mol. The van der Waals surface area contributed by atoms with Gasteiger partial charge >= 0.3 is 5.97 Å². The molecule has 5 heteroatoms. The van der Waals surface area contributed by atoms with Gasteiger partial charge < -0.3 is 14.4 Å². The van der Waals surface area contributed by atoms with Gasteiger partial charge in [-0.3, -0.25) is 9.59 Å². The molecule has 1 N–H and O–H groups in total. The first-order valence-corrected chi connectivity index (χ1v) is 6.45. The molecule has 0 radical (unpaired) electrons. The summed E-state index contributed by atoms with van der Waals surface area (Å²) in [5, 5.41) is 9.11. The fourth-order valence-electron chi connectivity index (χ4n) is 2.81. The maximum absolute atomic E-state index is 12.6. The highest BCUT2D eigenvalue weighted by Crippen LogP contribution is 2.29. The number of furan rings is 1. The summed E-state index contributed by atoms with van der Waals surface area (Å²) in [4.78, 5) is 25.3. The molecule has 0 saturated carbocycles. The maximum atomic E-state index is 12.6. The third-order valence-corrected chi connectivity index (χ3v) is 4.11. The van der Waals surface area contributed by atoms with Crippen molar-refractivity contribution >= 4 is 11.9 Å². The van der Waals surface area contributed by atoms with E-state index >= 15 is 0 Å². The first kappa shape index (κ1) is 13.6. The Morgan fingerprint density at radius 3 is 2.32 bits per heavy atom. The first-order valence-electron chi connectivity index (χ1n) is 6.45. The van der Waals surface area contributed by atoms with Crippen LogP contribution in [0.1, 0.15) is 40.8 Å². The number of carbonyl (C=O) groups is 2. The van der Waals surface area contributed by atoms with Crippen molar-refractivity contribution in [3.8, 4) is 0 Å². The van der Waals surface area contributed by atoms with Crippen LogP contribution in [0, 0.1) is 26.7 Å². The minimum absolute atomic E-state index is 0.122. The molecule has 5 nitrogen and oxygen atoms in total. The molecule has 19 heavy (non-hydrogen) atoms. The SMILES string of the molecule is Cc1oc(C)c(C(=O)N2CCC(C(=O)O)C2C)c1C. The first-order chi connectivity index (χ1) is 8.84. The molecule has 0 aromatic carbocycles. The van der Waals surface area contributed by atoms with Crippen molar-refractivity contribution in [1.29, 1.82) is 0 Å². The van der Waals surface area contributed by atoms with Crippen molar-refractivity contribution in [3.05, 3.63) is 22.6 Å². The number of carboxylic acid groups (broad SMARTS) is 1. The standard InChI is InChI=1S/C14H19NO4/c1-7-9(3)19-10(4)12(7)13(16)15-6-5-11(8(15)2)14(17)18/h8,11H,5-6H2,1-4H3,(H,17,18). The van der Waals surface area contributed by atoms with Gasteiger partial charge in [-0.15, -0.1) is 0 Å². The number of carboxylic acids is 1. The fraction of sp³-hybridized carbons (Fsp3) is 0.571. The van der Waals surface area contributed by atoms with Gasteiger partial charge in [0.2, 0.25) is 0 Å². The van der Waals surface area contributed by atoms with E-state index in [2.05, 4.69) is 0 Å². The molecule has 1 aliphatic rings. The van der Waals surface area contributed by atoms with Crippen LogP contribution in [0.2, 0.25) is 0 Å². The quantitative estimate of drug-likeness (QED) is 0.889. The molecule has 1 aromatic rings. The predicted octanol–water partition coefficient (Wildman–Crippen LogP) is 2.14. The summed E-state index contributed by atoms with van der Waals surface area (Å²) in [5.41, 5.74) is 1.42. The van der Waals surface area contributed by atoms with Crippen molar-refractivity contribution in [1.82, 2.24) is 4.90 Å². The smallest absolute Gasteiger partial charge is 0.308 e. The number of aliphatic carboxylic acids is 1. The van der Waals surface area contributed by atoms with Gasteiger partial charge in [-0.05, 0) is 34.1 Å². The molecule has 2 heterocycles. The van der Waals surface area contributed by atoms with Crippen LogP contribution in [0.3, 0.4) is 0 Å². The van der Waals surface area contributed by atoms with Gasteiger partial charge in [0.05, 0.1) is 11.5 Å². The summed E-state index contributed by atoms with van der Waals surface area (Å²) in [6.07, 6.45) is 0.511. The number of likely N-dealkylation sites (tertiary alicyclic amines) is 1. The average molecular weight is 265 g/mol. The third-order valence-electron chi connectivity index (χ3n) is 4.11. The Bertz CT molecular complexity index is 532. The summed E-state index contributed by atoms with van der Waals surface area (Å²) in [6, 6.07) is -0.279. The lowest BCUT2D eigenvalue weighted by Gasteiger charge is -2.23. The van der Waals surface area contributed by atoms with E-state index in [4.69, 9.17) is 9.52 Å². The van der Waals surface area contributed by atoms with Gasteiger partial charge in [-0.1, -0.05) is 0 Å². The number of hydrogen-bond acceptors (Lipinski definition) is 3. The van der Waals surface area contributed by atoms with E-state index < -0.39 is 11.9 Å². The highest BCUT2D eigenvalue weighted by Gasteiger charge is 2.39. The van der Waals surface area contributed by atoms with Crippen LogP contribution in [0.4, 0.5) is 0 Å². The predicted molar refractivity (Wildman–Crippen MR) is 69.2 cm³/mol. The number of hydrogen-bond donors (Lipinski definition) is 1. The Morgan fingerprint density at radius 1 is 1.26 bits per heavy atom. The normalized spacial score (nSPS) is 22.8. The largest absolute Gasteiger partial charge is 0.481 e. The molecule has 2 rings (SSSR count). The molecule has 0 spiro atoms. The lowest BCUT2D eigenvalue weighted by atomic mass is 10.0. The van der Waals surface area contributed by atoms with E-state index in [9.17, 15) is 9.59 Å². The Morgan fingerprint density at radius 2 is 1.89 bits per heavy atom. The van der Waals surface area contributed by atoms with E-state index in [1.165, 1.54) is 0 Å². The number of aryl methyl sites for hydroxylation is 2. The van der Waals surface area contributed by atoms with Gasteiger partial charge in [0.25, 0.3) is 5.91 Å². The van der Waals surface area contributed by atoms with Crippen LogP contribution in [-0.2, 0) is 4.79 Å². The van der Waals surface area contributed by atoms with E-state index in [1.54, 1.807) is 18.7 Å². The Hall–Kier alpha value is -1.78. The molecule has 1 aromatic heterocycles. The second-order valence-electron chi connectivity index (χ2n) is 5.19. The number of carbonyl (C=O) groups excluding carboxylic acids is 1. The molecule has 2 unspecified atom stereocenters. The molecule has 1 amide bonds. The highest BCUT2D eigenvalue weighted by atomic mass is 16.4. The molecule has 1 aliphatic heterocycles. The van der Waals surface area contributed by atoms with Crippen LogP contribution >= 0.6 is 0 Å². The number of rotatable bonds is 2. The molecule has 2 atom stereocenters. The van der Waals surface area contributed by atoms with Crippen molar-refractivity contribution < 1.29 is 19.1 Å². The third kappa shape index (κ3) is 2.13. The fourth-order valence-corrected chi connectivity index (χ4v) is 2.81. The lowest BCUT2D eigenvalue weighted by Crippen LogP contribution is -2.38. The second-order valence-corrected chi connectivity index (χ2v) is 5.19. The van der Waals surface area contributed by atoms with Crippen LogP contribution in [-0.4, -0.2) is 34.5 Å².